The number of benzene rings is 2. The predicted molar refractivity (Wildman–Crippen MR) is 121 cm³/mol. The molecule has 154 valence electrons. The van der Waals surface area contributed by atoms with Crippen LogP contribution in [0, 0.1) is 0 Å². The van der Waals surface area contributed by atoms with Gasteiger partial charge >= 0.3 is 0 Å². The van der Waals surface area contributed by atoms with Crippen molar-refractivity contribution in [2.75, 3.05) is 0 Å². The third-order valence-electron chi connectivity index (χ3n) is 4.69. The number of hydrogen-bond acceptors (Lipinski definition) is 3. The molecule has 0 spiro atoms. The quantitative estimate of drug-likeness (QED) is 0.483. The van der Waals surface area contributed by atoms with Crippen LogP contribution in [0.5, 0.6) is 0 Å². The highest BCUT2D eigenvalue weighted by molar-refractivity contribution is 6.30. The largest absolute Gasteiger partial charge is 0.310 e. The molecule has 1 amide bonds. The Labute approximate surface area is 181 Å². The smallest absolute Gasteiger partial charge is 0.276 e. The van der Waals surface area contributed by atoms with E-state index in [0.29, 0.717) is 11.6 Å². The first kappa shape index (κ1) is 21.5. The third-order valence-corrected chi connectivity index (χ3v) is 4.94. The van der Waals surface area contributed by atoms with Crippen LogP contribution >= 0.6 is 11.6 Å². The molecule has 0 aliphatic heterocycles. The average Bonchev–Trinajstić information content (AvgIpc) is 2.71. The first-order valence-electron chi connectivity index (χ1n) is 9.62. The Bertz CT molecular complexity index is 1110. The molecule has 0 atom stereocenters. The molecule has 3 aromatic rings. The molecule has 1 N–H and O–H groups in total. The highest BCUT2D eigenvalue weighted by Gasteiger charge is 2.14. The molecule has 0 unspecified atom stereocenters. The molecule has 1 aromatic heterocycles. The molecule has 30 heavy (non-hydrogen) atoms. The Kier molecular flexibility index (Phi) is 6.53. The van der Waals surface area contributed by atoms with Gasteiger partial charge in [0, 0.05) is 11.2 Å². The number of carbonyl (C=O) groups excluding carboxylic acids is 1. The summed E-state index contributed by atoms with van der Waals surface area (Å²) in [4.78, 5) is 25.2. The molecule has 5 nitrogen and oxygen atoms in total. The summed E-state index contributed by atoms with van der Waals surface area (Å²) in [5, 5.41) is 4.54. The van der Waals surface area contributed by atoms with Crippen LogP contribution in [0.2, 0.25) is 5.02 Å². The lowest BCUT2D eigenvalue weighted by Gasteiger charge is -2.19. The Morgan fingerprint density at radius 2 is 1.73 bits per heavy atom. The van der Waals surface area contributed by atoms with E-state index in [2.05, 4.69) is 43.4 Å². The number of amides is 1. The van der Waals surface area contributed by atoms with Crippen molar-refractivity contribution in [3.8, 4) is 0 Å². The van der Waals surface area contributed by atoms with Gasteiger partial charge < -0.3 is 4.57 Å². The molecule has 0 aliphatic rings. The summed E-state index contributed by atoms with van der Waals surface area (Å²) in [7, 11) is 0. The van der Waals surface area contributed by atoms with Crippen LogP contribution in [-0.2, 0) is 12.0 Å². The molecule has 1 heterocycles. The Morgan fingerprint density at radius 1 is 1.07 bits per heavy atom. The molecule has 0 aliphatic carbocycles. The molecule has 6 heteroatoms. The van der Waals surface area contributed by atoms with Crippen molar-refractivity contribution in [1.82, 2.24) is 9.99 Å². The lowest BCUT2D eigenvalue weighted by molar-refractivity contribution is 0.0953. The van der Waals surface area contributed by atoms with Crippen LogP contribution < -0.4 is 11.0 Å². The summed E-state index contributed by atoms with van der Waals surface area (Å²) in [5.41, 5.74) is 5.14. The fraction of sp³-hybridized carbons (Fsp3) is 0.208. The van der Waals surface area contributed by atoms with E-state index in [1.54, 1.807) is 36.5 Å². The Morgan fingerprint density at radius 3 is 2.37 bits per heavy atom. The maximum absolute atomic E-state index is 12.7. The van der Waals surface area contributed by atoms with Gasteiger partial charge in [-0.2, -0.15) is 5.10 Å². The minimum atomic E-state index is -0.553. The molecule has 0 radical (unpaired) electrons. The molecular formula is C24H24ClN3O2. The Balaban J connectivity index is 1.71. The zero-order valence-corrected chi connectivity index (χ0v) is 18.0. The standard InChI is InChI=1S/C24H24ClN3O2/c1-24(2,3)19-10-6-18(7-11-19)16-28-14-4-5-21(23(28)30)22(29)27-26-15-17-8-12-20(25)13-9-17/h4-15H,16H2,1-3H3,(H,27,29)/b26-15-. The van der Waals surface area contributed by atoms with Gasteiger partial charge in [-0.3, -0.25) is 9.59 Å². The van der Waals surface area contributed by atoms with E-state index in [4.69, 9.17) is 11.6 Å². The van der Waals surface area contributed by atoms with E-state index >= 15 is 0 Å². The van der Waals surface area contributed by atoms with E-state index in [1.165, 1.54) is 22.4 Å². The Hall–Kier alpha value is -3.18. The minimum Gasteiger partial charge on any atom is -0.310 e. The topological polar surface area (TPSA) is 63.5 Å². The lowest BCUT2D eigenvalue weighted by atomic mass is 9.87. The number of halogens is 1. The van der Waals surface area contributed by atoms with Crippen molar-refractivity contribution >= 4 is 23.7 Å². The second-order valence-electron chi connectivity index (χ2n) is 8.05. The summed E-state index contributed by atoms with van der Waals surface area (Å²) in [6, 6.07) is 18.4. The molecule has 0 saturated carbocycles. The van der Waals surface area contributed by atoms with Gasteiger partial charge in [-0.1, -0.05) is 68.8 Å². The van der Waals surface area contributed by atoms with Gasteiger partial charge in [-0.15, -0.1) is 0 Å². The fourth-order valence-electron chi connectivity index (χ4n) is 2.92. The summed E-state index contributed by atoms with van der Waals surface area (Å²) < 4.78 is 1.52. The van der Waals surface area contributed by atoms with Crippen molar-refractivity contribution in [2.45, 2.75) is 32.7 Å². The van der Waals surface area contributed by atoms with Crippen molar-refractivity contribution in [1.29, 1.82) is 0 Å². The van der Waals surface area contributed by atoms with Crippen molar-refractivity contribution in [2.24, 2.45) is 5.10 Å². The van der Waals surface area contributed by atoms with Gasteiger partial charge in [-0.25, -0.2) is 5.43 Å². The van der Waals surface area contributed by atoms with E-state index in [9.17, 15) is 9.59 Å². The second-order valence-corrected chi connectivity index (χ2v) is 8.49. The summed E-state index contributed by atoms with van der Waals surface area (Å²) in [5.74, 6) is -0.553. The maximum atomic E-state index is 12.7. The number of pyridine rings is 1. The second kappa shape index (κ2) is 9.09. The normalized spacial score (nSPS) is 11.6. The van der Waals surface area contributed by atoms with Gasteiger partial charge in [0.05, 0.1) is 12.8 Å². The van der Waals surface area contributed by atoms with Crippen LogP contribution in [-0.4, -0.2) is 16.7 Å². The van der Waals surface area contributed by atoms with Gasteiger partial charge in [0.1, 0.15) is 5.56 Å². The maximum Gasteiger partial charge on any atom is 0.276 e. The van der Waals surface area contributed by atoms with Gasteiger partial charge in [-0.05, 0) is 46.4 Å². The van der Waals surface area contributed by atoms with E-state index in [-0.39, 0.29) is 16.5 Å². The fourth-order valence-corrected chi connectivity index (χ4v) is 3.04. The van der Waals surface area contributed by atoms with E-state index in [1.807, 2.05) is 12.1 Å². The zero-order chi connectivity index (χ0) is 21.7. The van der Waals surface area contributed by atoms with Crippen LogP contribution in [0.3, 0.4) is 0 Å². The number of nitrogens with one attached hydrogen (secondary N) is 1. The van der Waals surface area contributed by atoms with E-state index in [0.717, 1.165) is 11.1 Å². The number of nitrogens with zero attached hydrogens (tertiary/aromatic N) is 2. The molecule has 0 bridgehead atoms. The number of carbonyl (C=O) groups is 1. The highest BCUT2D eigenvalue weighted by atomic mass is 35.5. The molecule has 3 rings (SSSR count). The lowest BCUT2D eigenvalue weighted by Crippen LogP contribution is -2.30. The first-order chi connectivity index (χ1) is 14.2. The number of rotatable bonds is 5. The van der Waals surface area contributed by atoms with Gasteiger partial charge in [0.25, 0.3) is 11.5 Å². The number of hydrogen-bond donors (Lipinski definition) is 1. The zero-order valence-electron chi connectivity index (χ0n) is 17.2. The van der Waals surface area contributed by atoms with Crippen LogP contribution in [0.4, 0.5) is 0 Å². The van der Waals surface area contributed by atoms with Gasteiger partial charge in [0.2, 0.25) is 0 Å². The first-order valence-corrected chi connectivity index (χ1v) is 10.00. The number of aromatic nitrogens is 1. The summed E-state index contributed by atoms with van der Waals surface area (Å²) in [6.07, 6.45) is 3.17. The highest BCUT2D eigenvalue weighted by Crippen LogP contribution is 2.22. The summed E-state index contributed by atoms with van der Waals surface area (Å²) >= 11 is 5.84. The summed E-state index contributed by atoms with van der Waals surface area (Å²) in [6.45, 7) is 6.86. The molecule has 0 saturated heterocycles. The van der Waals surface area contributed by atoms with Crippen LogP contribution in [0.15, 0.2) is 76.8 Å². The van der Waals surface area contributed by atoms with Crippen LogP contribution in [0.1, 0.15) is 47.8 Å². The van der Waals surface area contributed by atoms with E-state index < -0.39 is 5.91 Å². The average molecular weight is 422 g/mol. The third kappa shape index (κ3) is 5.45. The molecule has 2 aromatic carbocycles. The monoisotopic (exact) mass is 421 g/mol. The molecule has 0 fully saturated rings. The van der Waals surface area contributed by atoms with Crippen LogP contribution in [0.25, 0.3) is 0 Å². The van der Waals surface area contributed by atoms with Crippen molar-refractivity contribution in [3.05, 3.63) is 104 Å². The van der Waals surface area contributed by atoms with Crippen molar-refractivity contribution in [3.63, 3.8) is 0 Å². The predicted octanol–water partition coefficient (Wildman–Crippen LogP) is 4.61. The molecular weight excluding hydrogens is 398 g/mol. The van der Waals surface area contributed by atoms with Gasteiger partial charge in [0.15, 0.2) is 0 Å². The number of hydrazone groups is 1. The minimum absolute atomic E-state index is 0.0390. The SMILES string of the molecule is CC(C)(C)c1ccc(Cn2cccc(C(=O)N/N=C\c3ccc(Cl)cc3)c2=O)cc1. The van der Waals surface area contributed by atoms with Crippen molar-refractivity contribution < 1.29 is 4.79 Å².